The molecular formula is C6H8FeO2. The van der Waals surface area contributed by atoms with Crippen LogP contribution in [0.4, 0.5) is 0 Å². The standard InChI is InChI=1S/C6H6O.Fe.H2O/c7-6-4-2-1-3-5-6;;/h1-5,7H;;1H2. The maximum Gasteiger partial charge on any atom is 0.115 e. The van der Waals surface area contributed by atoms with E-state index in [1.807, 2.05) is 6.07 Å². The molecule has 0 aliphatic rings. The van der Waals surface area contributed by atoms with Crippen LogP contribution in [0.3, 0.4) is 0 Å². The topological polar surface area (TPSA) is 51.7 Å². The smallest absolute Gasteiger partial charge is 0.115 e. The van der Waals surface area contributed by atoms with Gasteiger partial charge in [-0.3, -0.25) is 0 Å². The number of hydrogen-bond acceptors (Lipinski definition) is 1. The summed E-state index contributed by atoms with van der Waals surface area (Å²) in [4.78, 5) is 0. The van der Waals surface area contributed by atoms with Crippen LogP contribution in [0.25, 0.3) is 0 Å². The van der Waals surface area contributed by atoms with Crippen LogP contribution in [0.2, 0.25) is 0 Å². The minimum Gasteiger partial charge on any atom is -0.508 e. The fraction of sp³-hybridized carbons (Fsp3) is 0. The van der Waals surface area contributed by atoms with Crippen LogP contribution < -0.4 is 0 Å². The molecule has 0 saturated heterocycles. The summed E-state index contributed by atoms with van der Waals surface area (Å²) in [5, 5.41) is 8.63. The number of aromatic hydroxyl groups is 1. The van der Waals surface area contributed by atoms with E-state index in [-0.39, 0.29) is 22.5 Å². The van der Waals surface area contributed by atoms with Gasteiger partial charge in [-0.15, -0.1) is 0 Å². The Bertz CT molecular complexity index is 141. The third-order valence-electron chi connectivity index (χ3n) is 0.756. The maximum atomic E-state index is 8.63. The normalized spacial score (nSPS) is 6.67. The summed E-state index contributed by atoms with van der Waals surface area (Å²) in [5.74, 6) is 0.322. The molecular weight excluding hydrogens is 160 g/mol. The minimum atomic E-state index is 0. The monoisotopic (exact) mass is 168 g/mol. The molecule has 0 aliphatic heterocycles. The summed E-state index contributed by atoms with van der Waals surface area (Å²) in [6.45, 7) is 0. The molecule has 52 valence electrons. The van der Waals surface area contributed by atoms with Gasteiger partial charge in [-0.25, -0.2) is 0 Å². The van der Waals surface area contributed by atoms with Crippen LogP contribution in [0.15, 0.2) is 30.3 Å². The van der Waals surface area contributed by atoms with Gasteiger partial charge in [-0.1, -0.05) is 18.2 Å². The van der Waals surface area contributed by atoms with Crippen molar-refractivity contribution >= 4 is 0 Å². The Morgan fingerprint density at radius 1 is 1.00 bits per heavy atom. The molecule has 1 aromatic carbocycles. The molecule has 0 aliphatic carbocycles. The van der Waals surface area contributed by atoms with Gasteiger partial charge in [0.2, 0.25) is 0 Å². The second-order valence-electron chi connectivity index (χ2n) is 1.34. The van der Waals surface area contributed by atoms with Crippen molar-refractivity contribution in [2.75, 3.05) is 0 Å². The largest absolute Gasteiger partial charge is 0.508 e. The van der Waals surface area contributed by atoms with Gasteiger partial charge >= 0.3 is 0 Å². The Morgan fingerprint density at radius 3 is 1.67 bits per heavy atom. The number of phenols is 1. The van der Waals surface area contributed by atoms with Gasteiger partial charge in [-0.05, 0) is 12.1 Å². The average molecular weight is 168 g/mol. The Kier molecular flexibility index (Phi) is 7.08. The molecule has 0 fully saturated rings. The van der Waals surface area contributed by atoms with Gasteiger partial charge in [0.15, 0.2) is 0 Å². The van der Waals surface area contributed by atoms with E-state index < -0.39 is 0 Å². The van der Waals surface area contributed by atoms with Gasteiger partial charge in [0.05, 0.1) is 0 Å². The van der Waals surface area contributed by atoms with Gasteiger partial charge in [0.25, 0.3) is 0 Å². The molecule has 0 radical (unpaired) electrons. The molecule has 2 nitrogen and oxygen atoms in total. The van der Waals surface area contributed by atoms with Crippen molar-refractivity contribution in [1.82, 2.24) is 0 Å². The number of hydrogen-bond donors (Lipinski definition) is 1. The van der Waals surface area contributed by atoms with Crippen molar-refractivity contribution in [2.24, 2.45) is 0 Å². The molecule has 3 N–H and O–H groups in total. The van der Waals surface area contributed by atoms with Crippen LogP contribution in [-0.2, 0) is 17.1 Å². The fourth-order valence-corrected chi connectivity index (χ4v) is 0.428. The first-order valence-corrected chi connectivity index (χ1v) is 2.13. The van der Waals surface area contributed by atoms with E-state index in [1.54, 1.807) is 24.3 Å². The zero-order valence-electron chi connectivity index (χ0n) is 4.69. The fourth-order valence-electron chi connectivity index (χ4n) is 0.428. The van der Waals surface area contributed by atoms with Gasteiger partial charge in [-0.2, -0.15) is 0 Å². The molecule has 0 spiro atoms. The summed E-state index contributed by atoms with van der Waals surface area (Å²) in [6.07, 6.45) is 0. The van der Waals surface area contributed by atoms with Crippen LogP contribution >= 0.6 is 0 Å². The quantitative estimate of drug-likeness (QED) is 0.565. The number of phenolic OH excluding ortho intramolecular Hbond substituents is 1. The van der Waals surface area contributed by atoms with Crippen molar-refractivity contribution in [3.63, 3.8) is 0 Å². The van der Waals surface area contributed by atoms with Crippen molar-refractivity contribution in [1.29, 1.82) is 0 Å². The third kappa shape index (κ3) is 4.03. The third-order valence-corrected chi connectivity index (χ3v) is 0.756. The van der Waals surface area contributed by atoms with Crippen molar-refractivity contribution in [3.8, 4) is 5.75 Å². The summed E-state index contributed by atoms with van der Waals surface area (Å²) in [5.41, 5.74) is 0. The predicted octanol–water partition coefficient (Wildman–Crippen LogP) is 0.565. The van der Waals surface area contributed by atoms with Crippen LogP contribution in [0.5, 0.6) is 5.75 Å². The average Bonchev–Trinajstić information content (AvgIpc) is 1.69. The second kappa shape index (κ2) is 5.63. The van der Waals surface area contributed by atoms with Crippen molar-refractivity contribution in [3.05, 3.63) is 30.3 Å². The molecule has 1 aromatic rings. The van der Waals surface area contributed by atoms with E-state index >= 15 is 0 Å². The number of para-hydroxylation sites is 1. The molecule has 0 heterocycles. The van der Waals surface area contributed by atoms with E-state index in [2.05, 4.69) is 0 Å². The second-order valence-corrected chi connectivity index (χ2v) is 1.34. The first-order valence-electron chi connectivity index (χ1n) is 2.13. The molecule has 0 atom stereocenters. The molecule has 3 heteroatoms. The number of benzene rings is 1. The predicted molar refractivity (Wildman–Crippen MR) is 31.7 cm³/mol. The van der Waals surface area contributed by atoms with Crippen LogP contribution in [-0.4, -0.2) is 10.6 Å². The minimum absolute atomic E-state index is 0. The molecule has 0 saturated carbocycles. The van der Waals surface area contributed by atoms with E-state index in [0.717, 1.165) is 0 Å². The Labute approximate surface area is 64.3 Å². The maximum absolute atomic E-state index is 8.63. The van der Waals surface area contributed by atoms with Crippen molar-refractivity contribution in [2.45, 2.75) is 0 Å². The van der Waals surface area contributed by atoms with Gasteiger partial charge in [0, 0.05) is 17.1 Å². The van der Waals surface area contributed by atoms with E-state index in [9.17, 15) is 0 Å². The summed E-state index contributed by atoms with van der Waals surface area (Å²) in [7, 11) is 0. The molecule has 1 rings (SSSR count). The summed E-state index contributed by atoms with van der Waals surface area (Å²) < 4.78 is 0. The number of rotatable bonds is 0. The van der Waals surface area contributed by atoms with E-state index in [4.69, 9.17) is 5.11 Å². The van der Waals surface area contributed by atoms with Crippen molar-refractivity contribution < 1.29 is 27.7 Å². The molecule has 0 amide bonds. The molecule has 0 unspecified atom stereocenters. The zero-order chi connectivity index (χ0) is 5.11. The van der Waals surface area contributed by atoms with Crippen LogP contribution in [0, 0.1) is 0 Å². The Morgan fingerprint density at radius 2 is 1.44 bits per heavy atom. The van der Waals surface area contributed by atoms with Crippen LogP contribution in [0.1, 0.15) is 0 Å². The first-order chi connectivity index (χ1) is 3.39. The molecule has 0 aromatic heterocycles. The Balaban J connectivity index is 0. The summed E-state index contributed by atoms with van der Waals surface area (Å²) in [6, 6.07) is 8.71. The summed E-state index contributed by atoms with van der Waals surface area (Å²) >= 11 is 0. The SMILES string of the molecule is O.Oc1ccccc1.[Fe]. The zero-order valence-corrected chi connectivity index (χ0v) is 5.79. The first kappa shape index (κ1) is 11.3. The molecule has 0 bridgehead atoms. The van der Waals surface area contributed by atoms with Gasteiger partial charge < -0.3 is 10.6 Å². The van der Waals surface area contributed by atoms with E-state index in [0.29, 0.717) is 5.75 Å². The van der Waals surface area contributed by atoms with E-state index in [1.165, 1.54) is 0 Å². The van der Waals surface area contributed by atoms with Gasteiger partial charge in [0.1, 0.15) is 5.75 Å². The molecule has 9 heavy (non-hydrogen) atoms. The Hall–Kier alpha value is -0.501.